The lowest BCUT2D eigenvalue weighted by Crippen LogP contribution is -2.68. The number of amides is 1. The Morgan fingerprint density at radius 1 is 1.23 bits per heavy atom. The van der Waals surface area contributed by atoms with Gasteiger partial charge < -0.3 is 25.9 Å². The summed E-state index contributed by atoms with van der Waals surface area (Å²) in [5.74, 6) is -1.14. The van der Waals surface area contributed by atoms with Crippen LogP contribution in [0.1, 0.15) is 64.4 Å². The fourth-order valence-electron chi connectivity index (χ4n) is 4.14. The average Bonchev–Trinajstić information content (AvgIpc) is 3.04. The number of carbonyl (C=O) groups excluding carboxylic acids is 2. The first-order valence-electron chi connectivity index (χ1n) is 10.5. The maximum Gasteiger partial charge on any atom is 0.328 e. The van der Waals surface area contributed by atoms with Crippen molar-refractivity contribution in [3.63, 3.8) is 0 Å². The van der Waals surface area contributed by atoms with E-state index in [1.807, 2.05) is 0 Å². The number of halogens is 1. The molecule has 8 heteroatoms. The van der Waals surface area contributed by atoms with Crippen molar-refractivity contribution in [3.8, 4) is 0 Å². The number of nitrogens with two attached hydrogens (primary N) is 1. The first kappa shape index (κ1) is 23.6. The van der Waals surface area contributed by atoms with Crippen LogP contribution in [-0.2, 0) is 9.53 Å². The van der Waals surface area contributed by atoms with Crippen LogP contribution in [0.3, 0.4) is 0 Å². The third-order valence-electron chi connectivity index (χ3n) is 5.92. The number of hydrogen-bond acceptors (Lipinski definition) is 5. The van der Waals surface area contributed by atoms with Gasteiger partial charge >= 0.3 is 5.97 Å². The van der Waals surface area contributed by atoms with Crippen molar-refractivity contribution in [1.82, 2.24) is 10.3 Å². The van der Waals surface area contributed by atoms with Crippen LogP contribution in [0.4, 0.5) is 0 Å². The number of esters is 1. The molecule has 0 spiro atoms. The number of nitrogens with one attached hydrogen (secondary N) is 2. The molecule has 1 aromatic carbocycles. The highest BCUT2D eigenvalue weighted by atomic mass is 35.5. The lowest BCUT2D eigenvalue weighted by molar-refractivity contribution is -0.166. The van der Waals surface area contributed by atoms with E-state index in [2.05, 4.69) is 10.3 Å². The van der Waals surface area contributed by atoms with Gasteiger partial charge in [-0.1, -0.05) is 11.6 Å². The molecule has 31 heavy (non-hydrogen) atoms. The minimum Gasteiger partial charge on any atom is -0.459 e. The number of ether oxygens (including phenoxy) is 1. The summed E-state index contributed by atoms with van der Waals surface area (Å²) in [5.41, 5.74) is 4.59. The number of aromatic amines is 1. The van der Waals surface area contributed by atoms with Crippen LogP contribution in [0.2, 0.25) is 5.02 Å². The minimum absolute atomic E-state index is 0.201. The summed E-state index contributed by atoms with van der Waals surface area (Å²) < 4.78 is 5.60. The van der Waals surface area contributed by atoms with Crippen LogP contribution >= 0.6 is 11.6 Å². The molecule has 1 aliphatic rings. The molecule has 1 heterocycles. The van der Waals surface area contributed by atoms with E-state index < -0.39 is 28.8 Å². The van der Waals surface area contributed by atoms with E-state index in [0.29, 0.717) is 23.6 Å². The van der Waals surface area contributed by atoms with Gasteiger partial charge in [0.15, 0.2) is 0 Å². The molecule has 0 bridgehead atoms. The molecule has 0 radical (unpaired) electrons. The molecule has 1 saturated carbocycles. The molecule has 1 fully saturated rings. The van der Waals surface area contributed by atoms with Gasteiger partial charge in [0.2, 0.25) is 0 Å². The highest BCUT2D eigenvalue weighted by Crippen LogP contribution is 2.38. The molecule has 170 valence electrons. The highest BCUT2D eigenvalue weighted by Gasteiger charge is 2.52. The van der Waals surface area contributed by atoms with E-state index in [1.54, 1.807) is 58.9 Å². The maximum atomic E-state index is 13.1. The normalized spacial score (nSPS) is 24.8. The molecule has 3 unspecified atom stereocenters. The van der Waals surface area contributed by atoms with Crippen molar-refractivity contribution in [1.29, 1.82) is 0 Å². The predicted molar refractivity (Wildman–Crippen MR) is 121 cm³/mol. The standard InChI is InChI=1S/C23H32ClN3O4/c1-21(2,3)31-20(29)23(25)12-14(22(4,5)30)6-9-18(23)27-19(28)17-11-13-10-15(24)7-8-16(13)26-17/h7-8,10-11,14,18,26,30H,6,9,12,25H2,1-5H3,(H,27,28). The summed E-state index contributed by atoms with van der Waals surface area (Å²) in [7, 11) is 0. The Labute approximate surface area is 187 Å². The molecule has 0 saturated heterocycles. The van der Waals surface area contributed by atoms with E-state index in [1.165, 1.54) is 0 Å². The Morgan fingerprint density at radius 3 is 2.52 bits per heavy atom. The van der Waals surface area contributed by atoms with Crippen molar-refractivity contribution in [2.24, 2.45) is 11.7 Å². The molecule has 3 atom stereocenters. The third kappa shape index (κ3) is 5.22. The van der Waals surface area contributed by atoms with Gasteiger partial charge in [0.25, 0.3) is 5.91 Å². The second-order valence-electron chi connectivity index (χ2n) is 10.1. The zero-order chi connectivity index (χ0) is 23.2. The molecule has 1 aromatic heterocycles. The molecule has 2 aromatic rings. The van der Waals surface area contributed by atoms with Gasteiger partial charge in [0, 0.05) is 15.9 Å². The second-order valence-corrected chi connectivity index (χ2v) is 10.6. The summed E-state index contributed by atoms with van der Waals surface area (Å²) in [5, 5.41) is 14.8. The van der Waals surface area contributed by atoms with E-state index in [0.717, 1.165) is 10.9 Å². The van der Waals surface area contributed by atoms with E-state index in [4.69, 9.17) is 22.1 Å². The van der Waals surface area contributed by atoms with E-state index >= 15 is 0 Å². The monoisotopic (exact) mass is 449 g/mol. The lowest BCUT2D eigenvalue weighted by atomic mass is 9.68. The summed E-state index contributed by atoms with van der Waals surface area (Å²) in [6.45, 7) is 8.73. The third-order valence-corrected chi connectivity index (χ3v) is 6.16. The number of carbonyl (C=O) groups is 2. The highest BCUT2D eigenvalue weighted by molar-refractivity contribution is 6.31. The Hall–Kier alpha value is -2.09. The van der Waals surface area contributed by atoms with Crippen LogP contribution in [0.5, 0.6) is 0 Å². The van der Waals surface area contributed by atoms with Crippen molar-refractivity contribution in [3.05, 3.63) is 35.0 Å². The molecule has 1 aliphatic carbocycles. The molecule has 5 N–H and O–H groups in total. The molecule has 0 aliphatic heterocycles. The number of benzene rings is 1. The van der Waals surface area contributed by atoms with Crippen molar-refractivity contribution in [2.75, 3.05) is 0 Å². The number of rotatable bonds is 4. The summed E-state index contributed by atoms with van der Waals surface area (Å²) >= 11 is 6.04. The van der Waals surface area contributed by atoms with Gasteiger partial charge in [0.1, 0.15) is 16.8 Å². The van der Waals surface area contributed by atoms with Crippen LogP contribution in [0.25, 0.3) is 10.9 Å². The van der Waals surface area contributed by atoms with E-state index in [-0.39, 0.29) is 18.2 Å². The number of hydrogen-bond donors (Lipinski definition) is 4. The van der Waals surface area contributed by atoms with Crippen LogP contribution < -0.4 is 11.1 Å². The Morgan fingerprint density at radius 2 is 1.90 bits per heavy atom. The lowest BCUT2D eigenvalue weighted by Gasteiger charge is -2.46. The Bertz CT molecular complexity index is 989. The first-order chi connectivity index (χ1) is 14.2. The van der Waals surface area contributed by atoms with Gasteiger partial charge in [-0.05, 0) is 84.1 Å². The fraction of sp³-hybridized carbons (Fsp3) is 0.565. The number of aromatic nitrogens is 1. The summed E-state index contributed by atoms with van der Waals surface area (Å²) in [4.78, 5) is 29.2. The van der Waals surface area contributed by atoms with E-state index in [9.17, 15) is 14.7 Å². The van der Waals surface area contributed by atoms with Crippen molar-refractivity contribution < 1.29 is 19.4 Å². The van der Waals surface area contributed by atoms with Gasteiger partial charge in [-0.15, -0.1) is 0 Å². The smallest absolute Gasteiger partial charge is 0.328 e. The molecular weight excluding hydrogens is 418 g/mol. The number of H-pyrrole nitrogens is 1. The summed E-state index contributed by atoms with van der Waals surface area (Å²) in [6.07, 6.45) is 1.28. The topological polar surface area (TPSA) is 117 Å². The van der Waals surface area contributed by atoms with Gasteiger partial charge in [-0.2, -0.15) is 0 Å². The van der Waals surface area contributed by atoms with Gasteiger partial charge in [-0.25, -0.2) is 4.79 Å². The maximum absolute atomic E-state index is 13.1. The zero-order valence-corrected chi connectivity index (χ0v) is 19.5. The Kier molecular flexibility index (Phi) is 6.17. The Balaban J connectivity index is 1.87. The van der Waals surface area contributed by atoms with Crippen LogP contribution in [-0.4, -0.2) is 44.7 Å². The molecule has 3 rings (SSSR count). The van der Waals surface area contributed by atoms with Crippen LogP contribution in [0.15, 0.2) is 24.3 Å². The SMILES string of the molecule is CC(C)(C)OC(=O)C1(N)CC(C(C)(C)O)CCC1NC(=O)c1cc2cc(Cl)ccc2[nH]1. The van der Waals surface area contributed by atoms with Gasteiger partial charge in [0.05, 0.1) is 11.6 Å². The quantitative estimate of drug-likeness (QED) is 0.532. The zero-order valence-electron chi connectivity index (χ0n) is 18.7. The minimum atomic E-state index is -1.46. The summed E-state index contributed by atoms with van der Waals surface area (Å²) in [6, 6.07) is 6.39. The number of fused-ring (bicyclic) bond motifs is 1. The predicted octanol–water partition coefficient (Wildman–Crippen LogP) is 3.53. The van der Waals surface area contributed by atoms with Crippen molar-refractivity contribution in [2.45, 2.75) is 76.7 Å². The average molecular weight is 450 g/mol. The second kappa shape index (κ2) is 8.11. The fourth-order valence-corrected chi connectivity index (χ4v) is 4.32. The van der Waals surface area contributed by atoms with Crippen molar-refractivity contribution >= 4 is 34.4 Å². The van der Waals surface area contributed by atoms with Crippen LogP contribution in [0, 0.1) is 5.92 Å². The molecular formula is C23H32ClN3O4. The molecule has 1 amide bonds. The largest absolute Gasteiger partial charge is 0.459 e. The number of aliphatic hydroxyl groups is 1. The van der Waals surface area contributed by atoms with Gasteiger partial charge in [-0.3, -0.25) is 4.79 Å². The molecule has 7 nitrogen and oxygen atoms in total. The first-order valence-corrected chi connectivity index (χ1v) is 10.9.